The average molecular weight is 240 g/mol. The molecule has 2 nitrogen and oxygen atoms in total. The van der Waals surface area contributed by atoms with Crippen molar-refractivity contribution in [3.05, 3.63) is 12.7 Å². The van der Waals surface area contributed by atoms with Gasteiger partial charge in [-0.15, -0.1) is 6.58 Å². The lowest BCUT2D eigenvalue weighted by atomic mass is 10.0. The van der Waals surface area contributed by atoms with E-state index in [1.807, 2.05) is 6.08 Å². The fraction of sp³-hybridized carbons (Fsp3) is 0.867. The quantitative estimate of drug-likeness (QED) is 0.465. The second kappa shape index (κ2) is 9.67. The summed E-state index contributed by atoms with van der Waals surface area (Å²) in [5, 5.41) is 3.37. The lowest BCUT2D eigenvalue weighted by molar-refractivity contribution is 0.151. The zero-order chi connectivity index (χ0) is 13.1. The van der Waals surface area contributed by atoms with Crippen molar-refractivity contribution in [2.45, 2.75) is 58.9 Å². The van der Waals surface area contributed by atoms with Gasteiger partial charge in [0, 0.05) is 12.1 Å². The van der Waals surface area contributed by atoms with E-state index >= 15 is 0 Å². The molecule has 0 unspecified atom stereocenters. The average Bonchev–Trinajstić information content (AvgIpc) is 2.25. The minimum absolute atomic E-state index is 0.262. The van der Waals surface area contributed by atoms with Gasteiger partial charge < -0.3 is 5.32 Å². The molecule has 0 rings (SSSR count). The number of hydrogen-bond donors (Lipinski definition) is 1. The molecule has 0 aromatic carbocycles. The molecule has 0 aliphatic heterocycles. The van der Waals surface area contributed by atoms with E-state index in [2.05, 4.69) is 44.5 Å². The van der Waals surface area contributed by atoms with Crippen molar-refractivity contribution < 1.29 is 0 Å². The van der Waals surface area contributed by atoms with Crippen LogP contribution < -0.4 is 5.32 Å². The molecule has 0 aromatic rings. The van der Waals surface area contributed by atoms with E-state index in [-0.39, 0.29) is 5.54 Å². The van der Waals surface area contributed by atoms with E-state index in [1.165, 1.54) is 38.8 Å². The first kappa shape index (κ1) is 16.7. The van der Waals surface area contributed by atoms with Crippen LogP contribution in [0.25, 0.3) is 0 Å². The molecule has 0 aromatic heterocycles. The number of unbranched alkanes of at least 4 members (excludes halogenated alkanes) is 3. The number of nitrogens with one attached hydrogen (secondary N) is 1. The summed E-state index contributed by atoms with van der Waals surface area (Å²) in [5.41, 5.74) is 0.262. The molecule has 0 saturated carbocycles. The van der Waals surface area contributed by atoms with E-state index in [1.54, 1.807) is 0 Å². The third-order valence-corrected chi connectivity index (χ3v) is 3.08. The van der Waals surface area contributed by atoms with Gasteiger partial charge in [0.2, 0.25) is 0 Å². The number of hydrogen-bond acceptors (Lipinski definition) is 2. The summed E-state index contributed by atoms with van der Waals surface area (Å²) in [4.78, 5) is 2.50. The van der Waals surface area contributed by atoms with Gasteiger partial charge in [-0.25, -0.2) is 0 Å². The molecule has 17 heavy (non-hydrogen) atoms. The Balaban J connectivity index is 3.58. The van der Waals surface area contributed by atoms with Gasteiger partial charge in [-0.1, -0.05) is 25.8 Å². The summed E-state index contributed by atoms with van der Waals surface area (Å²) >= 11 is 0. The van der Waals surface area contributed by atoms with Gasteiger partial charge in [0.25, 0.3) is 0 Å². The maximum absolute atomic E-state index is 3.84. The number of nitrogens with zero attached hydrogens (tertiary/aromatic N) is 1. The zero-order valence-corrected chi connectivity index (χ0v) is 12.4. The van der Waals surface area contributed by atoms with Crippen LogP contribution in [0.4, 0.5) is 0 Å². The third kappa shape index (κ3) is 9.37. The van der Waals surface area contributed by atoms with Gasteiger partial charge >= 0.3 is 0 Å². The zero-order valence-electron chi connectivity index (χ0n) is 12.4. The van der Waals surface area contributed by atoms with E-state index in [9.17, 15) is 0 Å². The second-order valence-corrected chi connectivity index (χ2v) is 5.67. The van der Waals surface area contributed by atoms with Crippen molar-refractivity contribution in [3.8, 4) is 0 Å². The Morgan fingerprint density at radius 1 is 1.12 bits per heavy atom. The van der Waals surface area contributed by atoms with Crippen LogP contribution in [0.2, 0.25) is 0 Å². The molecule has 0 heterocycles. The Hall–Kier alpha value is -0.340. The molecule has 0 amide bonds. The Labute approximate surface area is 108 Å². The summed E-state index contributed by atoms with van der Waals surface area (Å²) in [6.45, 7) is 17.3. The highest BCUT2D eigenvalue weighted by Crippen LogP contribution is 2.14. The second-order valence-electron chi connectivity index (χ2n) is 5.67. The molecule has 0 fully saturated rings. The molecule has 0 radical (unpaired) electrons. The summed E-state index contributed by atoms with van der Waals surface area (Å²) in [6, 6.07) is 0. The standard InChI is InChI=1S/C15H32N2/c1-6-13-17(15(3,4)5)14-11-9-8-10-12-16-7-2/h6,16H,1,7-14H2,2-5H3. The fourth-order valence-electron chi connectivity index (χ4n) is 1.94. The molecule has 0 saturated heterocycles. The lowest BCUT2D eigenvalue weighted by Gasteiger charge is -2.34. The molecule has 0 spiro atoms. The van der Waals surface area contributed by atoms with Gasteiger partial charge in [-0.2, -0.15) is 0 Å². The van der Waals surface area contributed by atoms with E-state index in [0.717, 1.165) is 13.1 Å². The van der Waals surface area contributed by atoms with Crippen LogP contribution in [0.1, 0.15) is 53.4 Å². The Morgan fingerprint density at radius 3 is 2.29 bits per heavy atom. The van der Waals surface area contributed by atoms with Gasteiger partial charge in [0.15, 0.2) is 0 Å². The summed E-state index contributed by atoms with van der Waals surface area (Å²) in [6.07, 6.45) is 7.31. The highest BCUT2D eigenvalue weighted by atomic mass is 15.2. The molecule has 0 aliphatic rings. The molecule has 2 heteroatoms. The van der Waals surface area contributed by atoms with Crippen molar-refractivity contribution >= 4 is 0 Å². The topological polar surface area (TPSA) is 15.3 Å². The smallest absolute Gasteiger partial charge is 0.0165 e. The fourth-order valence-corrected chi connectivity index (χ4v) is 1.94. The maximum Gasteiger partial charge on any atom is 0.0165 e. The van der Waals surface area contributed by atoms with Crippen molar-refractivity contribution in [3.63, 3.8) is 0 Å². The largest absolute Gasteiger partial charge is 0.317 e. The van der Waals surface area contributed by atoms with Crippen molar-refractivity contribution in [2.24, 2.45) is 0 Å². The highest BCUT2D eigenvalue weighted by Gasteiger charge is 2.18. The van der Waals surface area contributed by atoms with Gasteiger partial charge in [0.05, 0.1) is 0 Å². The summed E-state index contributed by atoms with van der Waals surface area (Å²) in [7, 11) is 0. The van der Waals surface area contributed by atoms with E-state index in [0.29, 0.717) is 0 Å². The lowest BCUT2D eigenvalue weighted by Crippen LogP contribution is -2.42. The number of rotatable bonds is 10. The monoisotopic (exact) mass is 240 g/mol. The Morgan fingerprint density at radius 2 is 1.76 bits per heavy atom. The van der Waals surface area contributed by atoms with E-state index < -0.39 is 0 Å². The Kier molecular flexibility index (Phi) is 9.47. The summed E-state index contributed by atoms with van der Waals surface area (Å²) in [5.74, 6) is 0. The van der Waals surface area contributed by atoms with Crippen molar-refractivity contribution in [1.29, 1.82) is 0 Å². The molecule has 0 atom stereocenters. The minimum Gasteiger partial charge on any atom is -0.317 e. The first-order chi connectivity index (χ1) is 8.02. The van der Waals surface area contributed by atoms with Gasteiger partial charge in [-0.05, 0) is 53.2 Å². The van der Waals surface area contributed by atoms with Gasteiger partial charge in [0.1, 0.15) is 0 Å². The molecule has 0 aliphatic carbocycles. The molecular weight excluding hydrogens is 208 g/mol. The van der Waals surface area contributed by atoms with Crippen LogP contribution in [-0.2, 0) is 0 Å². The van der Waals surface area contributed by atoms with Crippen molar-refractivity contribution in [1.82, 2.24) is 10.2 Å². The van der Waals surface area contributed by atoms with Crippen LogP contribution in [0.5, 0.6) is 0 Å². The third-order valence-electron chi connectivity index (χ3n) is 3.08. The molecule has 1 N–H and O–H groups in total. The SMILES string of the molecule is C=CCN(CCCCCCNCC)C(C)(C)C. The normalized spacial score (nSPS) is 12.1. The van der Waals surface area contributed by atoms with Gasteiger partial charge in [-0.3, -0.25) is 4.90 Å². The highest BCUT2D eigenvalue weighted by molar-refractivity contribution is 4.82. The van der Waals surface area contributed by atoms with Crippen LogP contribution in [0.15, 0.2) is 12.7 Å². The minimum atomic E-state index is 0.262. The van der Waals surface area contributed by atoms with Crippen LogP contribution in [-0.4, -0.2) is 36.6 Å². The molecule has 102 valence electrons. The molecule has 0 bridgehead atoms. The summed E-state index contributed by atoms with van der Waals surface area (Å²) < 4.78 is 0. The van der Waals surface area contributed by atoms with E-state index in [4.69, 9.17) is 0 Å². The first-order valence-electron chi connectivity index (χ1n) is 7.09. The predicted octanol–water partition coefficient (Wildman–Crippen LogP) is 3.44. The first-order valence-corrected chi connectivity index (χ1v) is 7.09. The van der Waals surface area contributed by atoms with Crippen LogP contribution >= 0.6 is 0 Å². The maximum atomic E-state index is 3.84. The Bertz CT molecular complexity index is 182. The predicted molar refractivity (Wildman–Crippen MR) is 78.5 cm³/mol. The van der Waals surface area contributed by atoms with Crippen molar-refractivity contribution in [2.75, 3.05) is 26.2 Å². The van der Waals surface area contributed by atoms with Crippen LogP contribution in [0.3, 0.4) is 0 Å². The molecular formula is C15H32N2. The van der Waals surface area contributed by atoms with Crippen LogP contribution in [0, 0.1) is 0 Å².